The van der Waals surface area contributed by atoms with Crippen LogP contribution in [-0.2, 0) is 19.6 Å². The van der Waals surface area contributed by atoms with E-state index in [-0.39, 0.29) is 23.8 Å². The van der Waals surface area contributed by atoms with E-state index < -0.39 is 16.0 Å². The summed E-state index contributed by atoms with van der Waals surface area (Å²) in [5.74, 6) is -0.955. The number of nitrogens with zero attached hydrogens (tertiary/aromatic N) is 1. The van der Waals surface area contributed by atoms with Crippen molar-refractivity contribution in [3.8, 4) is 0 Å². The summed E-state index contributed by atoms with van der Waals surface area (Å²) in [6.07, 6.45) is 5.13. The Morgan fingerprint density at radius 1 is 1.12 bits per heavy atom. The highest BCUT2D eigenvalue weighted by Crippen LogP contribution is 2.17. The number of hydrogen-bond donors (Lipinski definition) is 1. The van der Waals surface area contributed by atoms with Gasteiger partial charge in [0.2, 0.25) is 10.0 Å². The molecule has 1 amide bonds. The molecule has 0 bridgehead atoms. The Hall–Kier alpha value is -2.09. The molecule has 1 aliphatic rings. The molecule has 0 spiro atoms. The van der Waals surface area contributed by atoms with Crippen molar-refractivity contribution in [3.05, 3.63) is 29.8 Å². The molecule has 0 radical (unpaired) electrons. The third kappa shape index (κ3) is 5.52. The van der Waals surface area contributed by atoms with Crippen LogP contribution in [0.3, 0.4) is 0 Å². The van der Waals surface area contributed by atoms with Crippen molar-refractivity contribution < 1.29 is 22.7 Å². The molecule has 1 saturated heterocycles. The van der Waals surface area contributed by atoms with Crippen LogP contribution in [0.1, 0.15) is 36.0 Å². The van der Waals surface area contributed by atoms with E-state index in [0.717, 1.165) is 31.9 Å². The Morgan fingerprint density at radius 2 is 1.75 bits per heavy atom. The lowest BCUT2D eigenvalue weighted by Crippen LogP contribution is -2.35. The fraction of sp³-hybridized carbons (Fsp3) is 0.500. The van der Waals surface area contributed by atoms with Crippen molar-refractivity contribution in [2.75, 3.05) is 30.7 Å². The average molecular weight is 354 g/mol. The van der Waals surface area contributed by atoms with Crippen molar-refractivity contribution in [2.45, 2.75) is 25.7 Å². The molecule has 8 heteroatoms. The van der Waals surface area contributed by atoms with E-state index in [0.29, 0.717) is 13.1 Å². The van der Waals surface area contributed by atoms with Crippen LogP contribution in [0.15, 0.2) is 24.3 Å². The number of hydrogen-bond acceptors (Lipinski definition) is 5. The van der Waals surface area contributed by atoms with Gasteiger partial charge in [-0.15, -0.1) is 0 Å². The van der Waals surface area contributed by atoms with Crippen LogP contribution in [-0.4, -0.2) is 51.1 Å². The first-order valence-corrected chi connectivity index (χ1v) is 9.78. The fourth-order valence-corrected chi connectivity index (χ4v) is 3.14. The van der Waals surface area contributed by atoms with Crippen molar-refractivity contribution >= 4 is 27.6 Å². The summed E-state index contributed by atoms with van der Waals surface area (Å²) in [5.41, 5.74) is 0.207. The van der Waals surface area contributed by atoms with Crippen LogP contribution in [0.5, 0.6) is 0 Å². The molecule has 1 N–H and O–H groups in total. The van der Waals surface area contributed by atoms with Crippen LogP contribution in [0, 0.1) is 0 Å². The number of carbonyl (C=O) groups excluding carboxylic acids is 2. The van der Waals surface area contributed by atoms with Crippen molar-refractivity contribution in [1.82, 2.24) is 4.90 Å². The molecule has 0 aliphatic carbocycles. The standard InChI is InChI=1S/C16H22N2O5S/c1-24(21,22)17-14-9-5-4-8-13(14)16(20)23-12-15(19)18-10-6-2-3-7-11-18/h4-5,8-9,17H,2-3,6-7,10-12H2,1H3. The smallest absolute Gasteiger partial charge is 0.340 e. The second kappa shape index (κ2) is 8.14. The minimum Gasteiger partial charge on any atom is -0.452 e. The topological polar surface area (TPSA) is 92.8 Å². The zero-order valence-electron chi connectivity index (χ0n) is 13.7. The Kier molecular flexibility index (Phi) is 6.19. The lowest BCUT2D eigenvalue weighted by atomic mass is 10.2. The lowest BCUT2D eigenvalue weighted by molar-refractivity contribution is -0.134. The van der Waals surface area contributed by atoms with E-state index in [4.69, 9.17) is 4.74 Å². The first kappa shape index (κ1) is 18.3. The normalized spacial score (nSPS) is 15.5. The number of esters is 1. The monoisotopic (exact) mass is 354 g/mol. The van der Waals surface area contributed by atoms with Gasteiger partial charge in [-0.3, -0.25) is 9.52 Å². The van der Waals surface area contributed by atoms with E-state index in [2.05, 4.69) is 4.72 Å². The van der Waals surface area contributed by atoms with Crippen molar-refractivity contribution in [1.29, 1.82) is 0 Å². The maximum Gasteiger partial charge on any atom is 0.340 e. The summed E-state index contributed by atoms with van der Waals surface area (Å²) in [6, 6.07) is 6.12. The minimum absolute atomic E-state index is 0.0755. The van der Waals surface area contributed by atoms with Gasteiger partial charge in [-0.1, -0.05) is 25.0 Å². The number of rotatable bonds is 5. The SMILES string of the molecule is CS(=O)(=O)Nc1ccccc1C(=O)OCC(=O)N1CCCCCC1. The number of para-hydroxylation sites is 1. The summed E-state index contributed by atoms with van der Waals surface area (Å²) in [5, 5.41) is 0. The van der Waals surface area contributed by atoms with Gasteiger partial charge in [-0.25, -0.2) is 13.2 Å². The lowest BCUT2D eigenvalue weighted by Gasteiger charge is -2.20. The van der Waals surface area contributed by atoms with Gasteiger partial charge in [-0.05, 0) is 25.0 Å². The Labute approximate surface area is 142 Å². The van der Waals surface area contributed by atoms with E-state index >= 15 is 0 Å². The summed E-state index contributed by atoms with van der Waals surface area (Å²) in [7, 11) is -3.52. The first-order valence-electron chi connectivity index (χ1n) is 7.88. The van der Waals surface area contributed by atoms with Gasteiger partial charge in [0.15, 0.2) is 6.61 Å². The molecular weight excluding hydrogens is 332 g/mol. The average Bonchev–Trinajstić information content (AvgIpc) is 2.80. The number of sulfonamides is 1. The second-order valence-electron chi connectivity index (χ2n) is 5.79. The Balaban J connectivity index is 1.98. The molecule has 2 rings (SSSR count). The molecular formula is C16H22N2O5S. The molecule has 1 aromatic carbocycles. The highest BCUT2D eigenvalue weighted by Gasteiger charge is 2.19. The Morgan fingerprint density at radius 3 is 2.38 bits per heavy atom. The maximum absolute atomic E-state index is 12.2. The van der Waals surface area contributed by atoms with E-state index in [1.54, 1.807) is 17.0 Å². The van der Waals surface area contributed by atoms with E-state index in [9.17, 15) is 18.0 Å². The highest BCUT2D eigenvalue weighted by molar-refractivity contribution is 7.92. The van der Waals surface area contributed by atoms with Gasteiger partial charge in [0, 0.05) is 13.1 Å². The highest BCUT2D eigenvalue weighted by atomic mass is 32.2. The van der Waals surface area contributed by atoms with Gasteiger partial charge in [-0.2, -0.15) is 0 Å². The number of benzene rings is 1. The quantitative estimate of drug-likeness (QED) is 0.811. The first-order chi connectivity index (χ1) is 11.4. The zero-order chi connectivity index (χ0) is 17.6. The number of ether oxygens (including phenoxy) is 1. The molecule has 7 nitrogen and oxygen atoms in total. The van der Waals surface area contributed by atoms with Crippen LogP contribution in [0.25, 0.3) is 0 Å². The third-order valence-electron chi connectivity index (χ3n) is 3.73. The zero-order valence-corrected chi connectivity index (χ0v) is 14.5. The molecule has 0 unspecified atom stereocenters. The fourth-order valence-electron chi connectivity index (χ4n) is 2.57. The van der Waals surface area contributed by atoms with Crippen LogP contribution >= 0.6 is 0 Å². The molecule has 0 atom stereocenters. The van der Waals surface area contributed by atoms with Crippen LogP contribution < -0.4 is 4.72 Å². The third-order valence-corrected chi connectivity index (χ3v) is 4.32. The predicted octanol–water partition coefficient (Wildman–Crippen LogP) is 1.62. The van der Waals surface area contributed by atoms with E-state index in [1.165, 1.54) is 12.1 Å². The van der Waals surface area contributed by atoms with Crippen LogP contribution in [0.2, 0.25) is 0 Å². The molecule has 0 saturated carbocycles. The molecule has 24 heavy (non-hydrogen) atoms. The molecule has 132 valence electrons. The largest absolute Gasteiger partial charge is 0.452 e. The summed E-state index contributed by atoms with van der Waals surface area (Å²) in [4.78, 5) is 26.0. The van der Waals surface area contributed by atoms with Gasteiger partial charge < -0.3 is 9.64 Å². The molecule has 0 aromatic heterocycles. The molecule has 1 heterocycles. The molecule has 1 aromatic rings. The number of likely N-dealkylation sites (tertiary alicyclic amines) is 1. The minimum atomic E-state index is -3.52. The molecule has 1 fully saturated rings. The second-order valence-corrected chi connectivity index (χ2v) is 7.54. The summed E-state index contributed by atoms with van der Waals surface area (Å²) < 4.78 is 30.1. The van der Waals surface area contributed by atoms with Gasteiger partial charge in [0.05, 0.1) is 17.5 Å². The van der Waals surface area contributed by atoms with E-state index in [1.807, 2.05) is 0 Å². The summed E-state index contributed by atoms with van der Waals surface area (Å²) >= 11 is 0. The number of carbonyl (C=O) groups is 2. The van der Waals surface area contributed by atoms with Gasteiger partial charge >= 0.3 is 5.97 Å². The summed E-state index contributed by atoms with van der Waals surface area (Å²) in [6.45, 7) is 1.03. The van der Waals surface area contributed by atoms with Crippen molar-refractivity contribution in [3.63, 3.8) is 0 Å². The number of nitrogens with one attached hydrogen (secondary N) is 1. The molecule has 1 aliphatic heterocycles. The number of anilines is 1. The van der Waals surface area contributed by atoms with Crippen molar-refractivity contribution in [2.24, 2.45) is 0 Å². The predicted molar refractivity (Wildman–Crippen MR) is 90.2 cm³/mol. The maximum atomic E-state index is 12.2. The van der Waals surface area contributed by atoms with Gasteiger partial charge in [0.25, 0.3) is 5.91 Å². The van der Waals surface area contributed by atoms with Crippen LogP contribution in [0.4, 0.5) is 5.69 Å². The number of amides is 1. The Bertz CT molecular complexity index is 694. The van der Waals surface area contributed by atoms with Gasteiger partial charge in [0.1, 0.15) is 0 Å².